The molecule has 1 aromatic carbocycles. The van der Waals surface area contributed by atoms with Crippen molar-refractivity contribution < 1.29 is 43.3 Å². The standard InChI is InChI=1S/C9H4ClF7O3S/c10-5-3-4(1-2-6(5)11)7(8(12,13)14)20-21(18,19)9(15,16)17/h1-3,7H. The highest BCUT2D eigenvalue weighted by Gasteiger charge is 2.54. The summed E-state index contributed by atoms with van der Waals surface area (Å²) in [6.07, 6.45) is -8.97. The van der Waals surface area contributed by atoms with Gasteiger partial charge in [0.1, 0.15) is 5.82 Å². The van der Waals surface area contributed by atoms with Crippen molar-refractivity contribution in [1.29, 1.82) is 0 Å². The van der Waals surface area contributed by atoms with E-state index in [1.54, 1.807) is 0 Å². The van der Waals surface area contributed by atoms with E-state index in [0.29, 0.717) is 18.2 Å². The molecule has 0 aliphatic rings. The number of halogens is 8. The van der Waals surface area contributed by atoms with Gasteiger partial charge < -0.3 is 0 Å². The molecule has 0 N–H and O–H groups in total. The van der Waals surface area contributed by atoms with E-state index < -0.39 is 44.3 Å². The minimum absolute atomic E-state index is 0.320. The van der Waals surface area contributed by atoms with Gasteiger partial charge in [0.15, 0.2) is 6.10 Å². The van der Waals surface area contributed by atoms with Gasteiger partial charge in [-0.3, -0.25) is 0 Å². The van der Waals surface area contributed by atoms with E-state index in [9.17, 15) is 39.2 Å². The molecule has 1 atom stereocenters. The van der Waals surface area contributed by atoms with Crippen LogP contribution >= 0.6 is 11.6 Å². The van der Waals surface area contributed by atoms with Crippen molar-refractivity contribution in [3.05, 3.63) is 34.6 Å². The fourth-order valence-electron chi connectivity index (χ4n) is 1.16. The third kappa shape index (κ3) is 4.20. The van der Waals surface area contributed by atoms with Crippen molar-refractivity contribution >= 4 is 21.7 Å². The van der Waals surface area contributed by atoms with Crippen molar-refractivity contribution in [2.45, 2.75) is 17.8 Å². The van der Waals surface area contributed by atoms with Gasteiger partial charge in [-0.25, -0.2) is 8.57 Å². The van der Waals surface area contributed by atoms with Crippen LogP contribution in [-0.4, -0.2) is 20.1 Å². The Morgan fingerprint density at radius 2 is 1.62 bits per heavy atom. The highest BCUT2D eigenvalue weighted by atomic mass is 35.5. The summed E-state index contributed by atoms with van der Waals surface area (Å²) in [6, 6.07) is 1.16. The third-order valence-electron chi connectivity index (χ3n) is 2.05. The van der Waals surface area contributed by atoms with Gasteiger partial charge in [0, 0.05) is 0 Å². The lowest BCUT2D eigenvalue weighted by Gasteiger charge is -2.21. The Balaban J connectivity index is 3.29. The Kier molecular flexibility index (Phi) is 4.81. The molecule has 3 nitrogen and oxygen atoms in total. The summed E-state index contributed by atoms with van der Waals surface area (Å²) >= 11 is 5.20. The van der Waals surface area contributed by atoms with Crippen LogP contribution < -0.4 is 0 Å². The molecule has 0 amide bonds. The van der Waals surface area contributed by atoms with Gasteiger partial charge in [-0.2, -0.15) is 34.8 Å². The van der Waals surface area contributed by atoms with E-state index in [2.05, 4.69) is 4.18 Å². The van der Waals surface area contributed by atoms with Crippen LogP contribution in [0.15, 0.2) is 18.2 Å². The fourth-order valence-corrected chi connectivity index (χ4v) is 1.93. The normalized spacial score (nSPS) is 15.0. The van der Waals surface area contributed by atoms with Crippen molar-refractivity contribution in [2.75, 3.05) is 0 Å². The van der Waals surface area contributed by atoms with Gasteiger partial charge in [-0.05, 0) is 17.7 Å². The highest BCUT2D eigenvalue weighted by molar-refractivity contribution is 7.87. The molecule has 0 bridgehead atoms. The lowest BCUT2D eigenvalue weighted by molar-refractivity contribution is -0.200. The molecule has 0 aliphatic heterocycles. The summed E-state index contributed by atoms with van der Waals surface area (Å²) < 4.78 is 112. The van der Waals surface area contributed by atoms with Gasteiger partial charge in [0.2, 0.25) is 0 Å². The van der Waals surface area contributed by atoms with E-state index >= 15 is 0 Å². The zero-order valence-electron chi connectivity index (χ0n) is 9.47. The first-order valence-corrected chi connectivity index (χ1v) is 6.55. The van der Waals surface area contributed by atoms with Gasteiger partial charge >= 0.3 is 21.8 Å². The second-order valence-corrected chi connectivity index (χ2v) is 5.56. The van der Waals surface area contributed by atoms with Gasteiger partial charge in [0.25, 0.3) is 0 Å². The monoisotopic (exact) mass is 360 g/mol. The van der Waals surface area contributed by atoms with Crippen LogP contribution in [0.2, 0.25) is 5.02 Å². The predicted molar refractivity (Wildman–Crippen MR) is 56.3 cm³/mol. The van der Waals surface area contributed by atoms with E-state index in [0.717, 1.165) is 0 Å². The number of hydrogen-bond acceptors (Lipinski definition) is 3. The largest absolute Gasteiger partial charge is 0.523 e. The first-order valence-electron chi connectivity index (χ1n) is 4.77. The van der Waals surface area contributed by atoms with Gasteiger partial charge in [-0.1, -0.05) is 17.7 Å². The smallest absolute Gasteiger partial charge is 0.245 e. The molecule has 1 aromatic rings. The molecule has 0 heterocycles. The Labute approximate surface area is 118 Å². The molecule has 1 unspecified atom stereocenters. The maximum Gasteiger partial charge on any atom is 0.523 e. The van der Waals surface area contributed by atoms with Crippen molar-refractivity contribution in [3.8, 4) is 0 Å². The van der Waals surface area contributed by atoms with Crippen molar-refractivity contribution in [1.82, 2.24) is 0 Å². The van der Waals surface area contributed by atoms with E-state index in [1.807, 2.05) is 0 Å². The highest BCUT2D eigenvalue weighted by Crippen LogP contribution is 2.40. The molecule has 0 saturated heterocycles. The van der Waals surface area contributed by atoms with E-state index in [1.165, 1.54) is 0 Å². The Hall–Kier alpha value is -1.07. The van der Waals surface area contributed by atoms with E-state index in [4.69, 9.17) is 11.6 Å². The van der Waals surface area contributed by atoms with Crippen LogP contribution in [0.5, 0.6) is 0 Å². The number of hydrogen-bond donors (Lipinski definition) is 0. The molecule has 0 radical (unpaired) electrons. The zero-order valence-corrected chi connectivity index (χ0v) is 11.0. The van der Waals surface area contributed by atoms with Gasteiger partial charge in [0.05, 0.1) is 5.02 Å². The number of rotatable bonds is 3. The van der Waals surface area contributed by atoms with Crippen LogP contribution in [0.25, 0.3) is 0 Å². The first kappa shape index (κ1) is 18.0. The third-order valence-corrected chi connectivity index (χ3v) is 3.35. The second kappa shape index (κ2) is 5.61. The molecular weight excluding hydrogens is 357 g/mol. The summed E-state index contributed by atoms with van der Waals surface area (Å²) in [5, 5.41) is -0.838. The maximum absolute atomic E-state index is 12.8. The van der Waals surface area contributed by atoms with Gasteiger partial charge in [-0.15, -0.1) is 0 Å². The molecule has 120 valence electrons. The lowest BCUT2D eigenvalue weighted by Crippen LogP contribution is -2.32. The topological polar surface area (TPSA) is 43.4 Å². The molecule has 0 saturated carbocycles. The summed E-state index contributed by atoms with van der Waals surface area (Å²) in [5.74, 6) is -1.14. The minimum Gasteiger partial charge on any atom is -0.245 e. The van der Waals surface area contributed by atoms with Crippen molar-refractivity contribution in [2.24, 2.45) is 0 Å². The molecule has 0 fully saturated rings. The molecular formula is C9H4ClF7O3S. The van der Waals surface area contributed by atoms with Crippen LogP contribution in [0, 0.1) is 5.82 Å². The van der Waals surface area contributed by atoms with E-state index in [-0.39, 0.29) is 0 Å². The molecule has 0 aliphatic carbocycles. The SMILES string of the molecule is O=S(=O)(OC(c1ccc(F)c(Cl)c1)C(F)(F)F)C(F)(F)F. The second-order valence-electron chi connectivity index (χ2n) is 3.59. The van der Waals surface area contributed by atoms with Crippen LogP contribution in [-0.2, 0) is 14.3 Å². The quantitative estimate of drug-likeness (QED) is 0.466. The van der Waals surface area contributed by atoms with Crippen LogP contribution in [0.3, 0.4) is 0 Å². The number of benzene rings is 1. The summed E-state index contributed by atoms with van der Waals surface area (Å²) in [7, 11) is -6.51. The van der Waals surface area contributed by atoms with Crippen LogP contribution in [0.4, 0.5) is 30.7 Å². The average Bonchev–Trinajstić information content (AvgIpc) is 2.27. The summed E-state index contributed by atoms with van der Waals surface area (Å²) in [4.78, 5) is 0. The Morgan fingerprint density at radius 3 is 2.00 bits per heavy atom. The Bertz CT molecular complexity index is 623. The molecule has 0 aromatic heterocycles. The minimum atomic E-state index is -6.51. The summed E-state index contributed by atoms with van der Waals surface area (Å²) in [6.45, 7) is 0. The molecule has 12 heteroatoms. The maximum atomic E-state index is 12.8. The lowest BCUT2D eigenvalue weighted by atomic mass is 10.1. The van der Waals surface area contributed by atoms with Crippen LogP contribution in [0.1, 0.15) is 11.7 Å². The Morgan fingerprint density at radius 1 is 1.10 bits per heavy atom. The van der Waals surface area contributed by atoms with Crippen molar-refractivity contribution in [3.63, 3.8) is 0 Å². The molecule has 0 spiro atoms. The zero-order chi connectivity index (χ0) is 16.6. The first-order chi connectivity index (χ1) is 9.25. The average molecular weight is 361 g/mol. The fraction of sp³-hybridized carbons (Fsp3) is 0.333. The molecule has 21 heavy (non-hydrogen) atoms. The molecule has 1 rings (SSSR count). The number of alkyl halides is 6. The summed E-state index contributed by atoms with van der Waals surface area (Å²) in [5.41, 5.74) is -7.14. The predicted octanol–water partition coefficient (Wildman–Crippen LogP) is 3.95.